The van der Waals surface area contributed by atoms with Crippen molar-refractivity contribution in [1.82, 2.24) is 5.32 Å². The number of hydrogen-bond acceptors (Lipinski definition) is 2. The molecule has 0 aromatic heterocycles. The maximum atomic E-state index is 5.78. The van der Waals surface area contributed by atoms with E-state index in [2.05, 4.69) is 39.9 Å². The molecule has 1 aliphatic carbocycles. The Balaban J connectivity index is 2.19. The molecular weight excluding hydrogens is 222 g/mol. The van der Waals surface area contributed by atoms with Gasteiger partial charge in [0.05, 0.1) is 6.10 Å². The summed E-state index contributed by atoms with van der Waals surface area (Å²) in [7, 11) is 0. The predicted octanol–water partition coefficient (Wildman–Crippen LogP) is 4.14. The number of ether oxygens (including phenoxy) is 1. The molecule has 0 radical (unpaired) electrons. The summed E-state index contributed by atoms with van der Waals surface area (Å²) in [6.07, 6.45) is 8.41. The molecule has 2 nitrogen and oxygen atoms in total. The van der Waals surface area contributed by atoms with Crippen molar-refractivity contribution in [3.05, 3.63) is 0 Å². The molecule has 1 aliphatic rings. The summed E-state index contributed by atoms with van der Waals surface area (Å²) in [4.78, 5) is 0. The molecule has 1 rings (SSSR count). The molecule has 0 saturated heterocycles. The summed E-state index contributed by atoms with van der Waals surface area (Å²) >= 11 is 0. The average molecular weight is 255 g/mol. The van der Waals surface area contributed by atoms with Crippen LogP contribution in [0.3, 0.4) is 0 Å². The smallest absolute Gasteiger partial charge is 0.0655 e. The Morgan fingerprint density at radius 2 is 1.94 bits per heavy atom. The lowest BCUT2D eigenvalue weighted by molar-refractivity contribution is -0.116. The fraction of sp³-hybridized carbons (Fsp3) is 1.00. The fourth-order valence-corrected chi connectivity index (χ4v) is 2.96. The number of unbranched alkanes of at least 4 members (excludes halogenated alkanes) is 3. The monoisotopic (exact) mass is 255 g/mol. The van der Waals surface area contributed by atoms with Crippen LogP contribution in [-0.2, 0) is 4.74 Å². The lowest BCUT2D eigenvalue weighted by atomic mass is 9.64. The average Bonchev–Trinajstić information content (AvgIpc) is 2.33. The van der Waals surface area contributed by atoms with E-state index in [1.807, 2.05) is 0 Å². The molecule has 0 aromatic rings. The zero-order chi connectivity index (χ0) is 13.6. The van der Waals surface area contributed by atoms with Gasteiger partial charge in [-0.05, 0) is 26.7 Å². The Hall–Kier alpha value is -0.0800. The van der Waals surface area contributed by atoms with Gasteiger partial charge in [0.25, 0.3) is 0 Å². The lowest BCUT2D eigenvalue weighted by Gasteiger charge is -2.52. The number of nitrogens with one attached hydrogen (secondary N) is 1. The van der Waals surface area contributed by atoms with Crippen LogP contribution in [0.25, 0.3) is 0 Å². The van der Waals surface area contributed by atoms with Gasteiger partial charge in [0.15, 0.2) is 0 Å². The van der Waals surface area contributed by atoms with Gasteiger partial charge < -0.3 is 10.1 Å². The highest BCUT2D eigenvalue weighted by Gasteiger charge is 2.48. The van der Waals surface area contributed by atoms with Crippen molar-refractivity contribution in [3.8, 4) is 0 Å². The minimum Gasteiger partial charge on any atom is -0.378 e. The van der Waals surface area contributed by atoms with Crippen LogP contribution in [0.2, 0.25) is 0 Å². The van der Waals surface area contributed by atoms with E-state index in [4.69, 9.17) is 4.74 Å². The van der Waals surface area contributed by atoms with E-state index < -0.39 is 0 Å². The van der Waals surface area contributed by atoms with Crippen molar-refractivity contribution in [3.63, 3.8) is 0 Å². The Kier molecular flexibility index (Phi) is 6.65. The van der Waals surface area contributed by atoms with Crippen molar-refractivity contribution >= 4 is 0 Å². The van der Waals surface area contributed by atoms with E-state index in [9.17, 15) is 0 Å². The summed E-state index contributed by atoms with van der Waals surface area (Å²) in [6, 6.07) is 1.28. The number of rotatable bonds is 9. The highest BCUT2D eigenvalue weighted by atomic mass is 16.5. The number of hydrogen-bond donors (Lipinski definition) is 1. The maximum Gasteiger partial charge on any atom is 0.0655 e. The third kappa shape index (κ3) is 4.24. The molecule has 1 saturated carbocycles. The molecule has 0 aliphatic heterocycles. The van der Waals surface area contributed by atoms with Gasteiger partial charge in [-0.2, -0.15) is 0 Å². The predicted molar refractivity (Wildman–Crippen MR) is 79.0 cm³/mol. The van der Waals surface area contributed by atoms with Crippen molar-refractivity contribution < 1.29 is 4.74 Å². The molecule has 0 heterocycles. The van der Waals surface area contributed by atoms with Gasteiger partial charge >= 0.3 is 0 Å². The Morgan fingerprint density at radius 3 is 2.50 bits per heavy atom. The summed E-state index contributed by atoms with van der Waals surface area (Å²) in [5.74, 6) is 0. The first kappa shape index (κ1) is 16.0. The standard InChI is InChI=1S/C16H33NO/c1-6-8-9-10-11-13(3)17-14-12-15(18-7-2)16(14,4)5/h13-15,17H,6-12H2,1-5H3. The van der Waals surface area contributed by atoms with E-state index in [1.54, 1.807) is 0 Å². The second-order valence-corrected chi connectivity index (χ2v) is 6.47. The minimum atomic E-state index is 0.299. The van der Waals surface area contributed by atoms with Crippen LogP contribution < -0.4 is 5.32 Å². The summed E-state index contributed by atoms with van der Waals surface area (Å²) in [5, 5.41) is 3.79. The van der Waals surface area contributed by atoms with Gasteiger partial charge in [-0.15, -0.1) is 0 Å². The van der Waals surface area contributed by atoms with E-state index in [0.29, 0.717) is 23.6 Å². The van der Waals surface area contributed by atoms with E-state index in [0.717, 1.165) is 6.61 Å². The highest BCUT2D eigenvalue weighted by molar-refractivity contribution is 5.03. The van der Waals surface area contributed by atoms with Crippen LogP contribution in [0.15, 0.2) is 0 Å². The molecule has 0 spiro atoms. The summed E-state index contributed by atoms with van der Waals surface area (Å²) in [5.41, 5.74) is 0.299. The molecular formula is C16H33NO. The van der Waals surface area contributed by atoms with E-state index in [1.165, 1.54) is 38.5 Å². The zero-order valence-corrected chi connectivity index (χ0v) is 13.1. The fourth-order valence-electron chi connectivity index (χ4n) is 2.96. The molecule has 1 N–H and O–H groups in total. The highest BCUT2D eigenvalue weighted by Crippen LogP contribution is 2.43. The third-order valence-corrected chi connectivity index (χ3v) is 4.52. The molecule has 18 heavy (non-hydrogen) atoms. The van der Waals surface area contributed by atoms with Gasteiger partial charge in [-0.1, -0.05) is 46.5 Å². The van der Waals surface area contributed by atoms with Crippen LogP contribution in [0.5, 0.6) is 0 Å². The molecule has 0 amide bonds. The Labute approximate surface area is 114 Å². The second-order valence-electron chi connectivity index (χ2n) is 6.47. The maximum absolute atomic E-state index is 5.78. The van der Waals surface area contributed by atoms with Crippen LogP contribution in [-0.4, -0.2) is 24.8 Å². The molecule has 3 unspecified atom stereocenters. The topological polar surface area (TPSA) is 21.3 Å². The molecule has 1 fully saturated rings. The molecule has 0 aromatic carbocycles. The first-order chi connectivity index (χ1) is 8.52. The van der Waals surface area contributed by atoms with Crippen LogP contribution in [0, 0.1) is 5.41 Å². The Bertz CT molecular complexity index is 227. The molecule has 2 heteroatoms. The lowest BCUT2D eigenvalue weighted by Crippen LogP contribution is -2.62. The molecule has 0 bridgehead atoms. The normalized spacial score (nSPS) is 27.8. The second kappa shape index (κ2) is 7.49. The summed E-state index contributed by atoms with van der Waals surface area (Å²) in [6.45, 7) is 12.2. The Morgan fingerprint density at radius 1 is 1.22 bits per heavy atom. The SMILES string of the molecule is CCCCCCC(C)NC1CC(OCC)C1(C)C. The van der Waals surface area contributed by atoms with Crippen LogP contribution in [0.4, 0.5) is 0 Å². The first-order valence-electron chi connectivity index (χ1n) is 7.90. The van der Waals surface area contributed by atoms with E-state index >= 15 is 0 Å². The summed E-state index contributed by atoms with van der Waals surface area (Å²) < 4.78 is 5.78. The zero-order valence-electron chi connectivity index (χ0n) is 13.1. The van der Waals surface area contributed by atoms with E-state index in [-0.39, 0.29) is 0 Å². The van der Waals surface area contributed by atoms with Gasteiger partial charge in [0.1, 0.15) is 0 Å². The van der Waals surface area contributed by atoms with Crippen molar-refractivity contribution in [2.75, 3.05) is 6.61 Å². The van der Waals surface area contributed by atoms with Crippen molar-refractivity contribution in [2.45, 2.75) is 91.3 Å². The van der Waals surface area contributed by atoms with Crippen LogP contribution >= 0.6 is 0 Å². The minimum absolute atomic E-state index is 0.299. The van der Waals surface area contributed by atoms with Gasteiger partial charge in [-0.25, -0.2) is 0 Å². The van der Waals surface area contributed by atoms with Crippen molar-refractivity contribution in [1.29, 1.82) is 0 Å². The largest absolute Gasteiger partial charge is 0.378 e. The van der Waals surface area contributed by atoms with Gasteiger partial charge in [0, 0.05) is 24.1 Å². The van der Waals surface area contributed by atoms with Crippen LogP contribution in [0.1, 0.15) is 73.1 Å². The first-order valence-corrected chi connectivity index (χ1v) is 7.90. The molecule has 108 valence electrons. The van der Waals surface area contributed by atoms with Crippen molar-refractivity contribution in [2.24, 2.45) is 5.41 Å². The quantitative estimate of drug-likeness (QED) is 0.625. The van der Waals surface area contributed by atoms with Gasteiger partial charge in [0.2, 0.25) is 0 Å². The third-order valence-electron chi connectivity index (χ3n) is 4.52. The van der Waals surface area contributed by atoms with Gasteiger partial charge in [-0.3, -0.25) is 0 Å². The molecule has 3 atom stereocenters.